The van der Waals surface area contributed by atoms with E-state index in [0.717, 1.165) is 13.1 Å². The Morgan fingerprint density at radius 1 is 1.31 bits per heavy atom. The normalized spacial score (nSPS) is 18.5. The second-order valence-electron chi connectivity index (χ2n) is 3.25. The van der Waals surface area contributed by atoms with E-state index in [1.807, 2.05) is 18.2 Å². The van der Waals surface area contributed by atoms with Gasteiger partial charge in [-0.1, -0.05) is 30.3 Å². The number of ether oxygens (including phenoxy) is 1. The van der Waals surface area contributed by atoms with Crippen molar-refractivity contribution in [3.63, 3.8) is 0 Å². The third kappa shape index (κ3) is 2.44. The second kappa shape index (κ2) is 4.09. The van der Waals surface area contributed by atoms with Crippen LogP contribution in [0, 0.1) is 0 Å². The Morgan fingerprint density at radius 2 is 2.00 bits per heavy atom. The highest BCUT2D eigenvalue weighted by molar-refractivity contribution is 6.13. The minimum Gasteiger partial charge on any atom is -0.371 e. The Hall–Kier alpha value is -0.570. The fraction of sp³-hybridized carbons (Fsp3) is 0.400. The van der Waals surface area contributed by atoms with Crippen LogP contribution in [-0.2, 0) is 11.3 Å². The molecule has 1 aromatic carbocycles. The lowest BCUT2D eigenvalue weighted by atomic mass is 10.2. The zero-order valence-corrected chi connectivity index (χ0v) is 8.07. The van der Waals surface area contributed by atoms with Crippen molar-refractivity contribution in [1.82, 2.24) is 4.42 Å². The van der Waals surface area contributed by atoms with Crippen molar-refractivity contribution in [3.05, 3.63) is 35.9 Å². The molecule has 13 heavy (non-hydrogen) atoms. The lowest BCUT2D eigenvalue weighted by Gasteiger charge is -2.33. The van der Waals surface area contributed by atoms with E-state index in [1.165, 1.54) is 5.56 Å². The van der Waals surface area contributed by atoms with Gasteiger partial charge < -0.3 is 4.74 Å². The molecule has 1 aliphatic rings. The summed E-state index contributed by atoms with van der Waals surface area (Å²) in [6.07, 6.45) is 0.317. The van der Waals surface area contributed by atoms with Crippen LogP contribution in [0.2, 0.25) is 0 Å². The average Bonchev–Trinajstić information content (AvgIpc) is 2.12. The SMILES string of the molecule is ClN1CC(OCc2ccccc2)C1. The maximum absolute atomic E-state index is 5.68. The number of nitrogens with zero attached hydrogens (tertiary/aromatic N) is 1. The molecule has 0 amide bonds. The van der Waals surface area contributed by atoms with Gasteiger partial charge in [0.15, 0.2) is 0 Å². The second-order valence-corrected chi connectivity index (χ2v) is 3.72. The Morgan fingerprint density at radius 3 is 2.62 bits per heavy atom. The first kappa shape index (κ1) is 9.00. The predicted molar refractivity (Wildman–Crippen MR) is 52.4 cm³/mol. The summed E-state index contributed by atoms with van der Waals surface area (Å²) in [5, 5.41) is 0. The van der Waals surface area contributed by atoms with Gasteiger partial charge in [-0.3, -0.25) is 0 Å². The maximum Gasteiger partial charge on any atom is 0.0859 e. The Labute approximate surface area is 83.2 Å². The molecule has 0 aromatic heterocycles. The number of hydrogen-bond acceptors (Lipinski definition) is 2. The van der Waals surface area contributed by atoms with Gasteiger partial charge in [-0.15, -0.1) is 0 Å². The van der Waals surface area contributed by atoms with Crippen LogP contribution in [-0.4, -0.2) is 23.6 Å². The van der Waals surface area contributed by atoms with Gasteiger partial charge in [0, 0.05) is 13.1 Å². The van der Waals surface area contributed by atoms with Gasteiger partial charge in [0.05, 0.1) is 12.7 Å². The van der Waals surface area contributed by atoms with Gasteiger partial charge in [0.2, 0.25) is 0 Å². The molecule has 70 valence electrons. The van der Waals surface area contributed by atoms with Crippen molar-refractivity contribution in [3.8, 4) is 0 Å². The van der Waals surface area contributed by atoms with Gasteiger partial charge in [-0.2, -0.15) is 0 Å². The summed E-state index contributed by atoms with van der Waals surface area (Å²) in [4.78, 5) is 0. The van der Waals surface area contributed by atoms with E-state index >= 15 is 0 Å². The van der Waals surface area contributed by atoms with Gasteiger partial charge in [-0.25, -0.2) is 4.42 Å². The van der Waals surface area contributed by atoms with Crippen LogP contribution in [0.25, 0.3) is 0 Å². The molecule has 0 aliphatic carbocycles. The summed E-state index contributed by atoms with van der Waals surface area (Å²) in [6.45, 7) is 2.37. The molecule has 1 heterocycles. The van der Waals surface area contributed by atoms with Crippen molar-refractivity contribution in [2.45, 2.75) is 12.7 Å². The first-order chi connectivity index (χ1) is 6.34. The van der Waals surface area contributed by atoms with Gasteiger partial charge in [0.1, 0.15) is 0 Å². The summed E-state index contributed by atoms with van der Waals surface area (Å²) in [5.41, 5.74) is 1.22. The van der Waals surface area contributed by atoms with Crippen LogP contribution in [0.3, 0.4) is 0 Å². The molecule has 1 aliphatic heterocycles. The highest BCUT2D eigenvalue weighted by atomic mass is 35.5. The molecule has 1 saturated heterocycles. The molecule has 2 rings (SSSR count). The Kier molecular flexibility index (Phi) is 2.83. The largest absolute Gasteiger partial charge is 0.371 e. The van der Waals surface area contributed by atoms with Crippen molar-refractivity contribution in [1.29, 1.82) is 0 Å². The lowest BCUT2D eigenvalue weighted by Crippen LogP contribution is -2.46. The molecule has 0 atom stereocenters. The summed E-state index contributed by atoms with van der Waals surface area (Å²) in [5.74, 6) is 0. The van der Waals surface area contributed by atoms with Crippen LogP contribution in [0.5, 0.6) is 0 Å². The van der Waals surface area contributed by atoms with Crippen LogP contribution in [0.15, 0.2) is 30.3 Å². The van der Waals surface area contributed by atoms with E-state index in [4.69, 9.17) is 16.5 Å². The molecular formula is C10H12ClNO. The zero-order chi connectivity index (χ0) is 9.10. The molecule has 3 heteroatoms. The number of benzene rings is 1. The predicted octanol–water partition coefficient (Wildman–Crippen LogP) is 2.04. The van der Waals surface area contributed by atoms with E-state index < -0.39 is 0 Å². The average molecular weight is 198 g/mol. The molecule has 0 N–H and O–H groups in total. The quantitative estimate of drug-likeness (QED) is 0.688. The molecule has 2 nitrogen and oxygen atoms in total. The van der Waals surface area contributed by atoms with E-state index in [1.54, 1.807) is 4.42 Å². The van der Waals surface area contributed by atoms with Crippen LogP contribution >= 0.6 is 11.8 Å². The monoisotopic (exact) mass is 197 g/mol. The topological polar surface area (TPSA) is 12.5 Å². The molecule has 0 unspecified atom stereocenters. The minimum absolute atomic E-state index is 0.317. The molecule has 1 fully saturated rings. The Bertz CT molecular complexity index is 259. The number of rotatable bonds is 3. The van der Waals surface area contributed by atoms with Gasteiger partial charge in [0.25, 0.3) is 0 Å². The van der Waals surface area contributed by atoms with Crippen molar-refractivity contribution in [2.24, 2.45) is 0 Å². The highest BCUT2D eigenvalue weighted by Gasteiger charge is 2.25. The first-order valence-electron chi connectivity index (χ1n) is 4.41. The van der Waals surface area contributed by atoms with Gasteiger partial charge in [-0.05, 0) is 17.3 Å². The fourth-order valence-electron chi connectivity index (χ4n) is 1.28. The third-order valence-electron chi connectivity index (χ3n) is 2.13. The van der Waals surface area contributed by atoms with Crippen molar-refractivity contribution in [2.75, 3.05) is 13.1 Å². The molecule has 0 saturated carbocycles. The summed E-state index contributed by atoms with van der Waals surface area (Å²) in [6, 6.07) is 10.2. The number of hydrogen-bond donors (Lipinski definition) is 0. The third-order valence-corrected chi connectivity index (χ3v) is 2.41. The lowest BCUT2D eigenvalue weighted by molar-refractivity contribution is -0.0290. The first-order valence-corrected chi connectivity index (χ1v) is 4.74. The maximum atomic E-state index is 5.68. The highest BCUT2D eigenvalue weighted by Crippen LogP contribution is 2.15. The summed E-state index contributed by atoms with van der Waals surface area (Å²) < 4.78 is 7.34. The minimum atomic E-state index is 0.317. The smallest absolute Gasteiger partial charge is 0.0859 e. The van der Waals surface area contributed by atoms with Gasteiger partial charge >= 0.3 is 0 Å². The molecular weight excluding hydrogens is 186 g/mol. The molecule has 0 spiro atoms. The Balaban J connectivity index is 1.74. The van der Waals surface area contributed by atoms with E-state index in [0.29, 0.717) is 12.7 Å². The summed E-state index contributed by atoms with van der Waals surface area (Å²) in [7, 11) is 0. The van der Waals surface area contributed by atoms with Crippen LogP contribution in [0.1, 0.15) is 5.56 Å². The van der Waals surface area contributed by atoms with Crippen molar-refractivity contribution >= 4 is 11.8 Å². The van der Waals surface area contributed by atoms with E-state index in [2.05, 4.69) is 12.1 Å². The molecule has 1 aromatic rings. The van der Waals surface area contributed by atoms with Crippen molar-refractivity contribution < 1.29 is 4.74 Å². The summed E-state index contributed by atoms with van der Waals surface area (Å²) >= 11 is 5.68. The van der Waals surface area contributed by atoms with E-state index in [9.17, 15) is 0 Å². The van der Waals surface area contributed by atoms with Crippen LogP contribution in [0.4, 0.5) is 0 Å². The number of halogens is 1. The van der Waals surface area contributed by atoms with E-state index in [-0.39, 0.29) is 0 Å². The zero-order valence-electron chi connectivity index (χ0n) is 7.32. The fourth-order valence-corrected chi connectivity index (χ4v) is 1.59. The standard InChI is InChI=1S/C10H12ClNO/c11-12-6-10(7-12)13-8-9-4-2-1-3-5-9/h1-5,10H,6-8H2. The molecule has 0 radical (unpaired) electrons. The molecule has 0 bridgehead atoms. The van der Waals surface area contributed by atoms with Crippen LogP contribution < -0.4 is 0 Å².